The van der Waals surface area contributed by atoms with E-state index in [2.05, 4.69) is 19.9 Å². The second kappa shape index (κ2) is 19.0. The third kappa shape index (κ3) is 14.6. The maximum atomic E-state index is 9.98. The molecule has 1 aromatic rings. The molecule has 29 heavy (non-hydrogen) atoms. The van der Waals surface area contributed by atoms with Crippen molar-refractivity contribution in [1.29, 1.82) is 0 Å². The van der Waals surface area contributed by atoms with Crippen molar-refractivity contribution in [3.63, 3.8) is 0 Å². The Kier molecular flexibility index (Phi) is 17.1. The number of unbranched alkanes of at least 4 members (excludes halogenated alkanes) is 12. The van der Waals surface area contributed by atoms with Gasteiger partial charge in [-0.25, -0.2) is 0 Å². The maximum Gasteiger partial charge on any atom is 0.118 e. The highest BCUT2D eigenvalue weighted by Crippen LogP contribution is 2.25. The summed E-state index contributed by atoms with van der Waals surface area (Å²) in [7, 11) is 0. The fourth-order valence-corrected chi connectivity index (χ4v) is 4.52. The number of para-hydroxylation sites is 1. The van der Waals surface area contributed by atoms with Crippen LogP contribution in [-0.2, 0) is 6.42 Å². The largest absolute Gasteiger partial charge is 0.508 e. The quantitative estimate of drug-likeness (QED) is 0.215. The van der Waals surface area contributed by atoms with Crippen LogP contribution in [0.5, 0.6) is 5.75 Å². The third-order valence-electron chi connectivity index (χ3n) is 6.48. The van der Waals surface area contributed by atoms with Crippen molar-refractivity contribution in [2.75, 3.05) is 0 Å². The van der Waals surface area contributed by atoms with E-state index in [0.29, 0.717) is 5.75 Å². The zero-order chi connectivity index (χ0) is 21.0. The second-order valence-electron chi connectivity index (χ2n) is 9.21. The van der Waals surface area contributed by atoms with Crippen LogP contribution in [0, 0.1) is 5.92 Å². The molecule has 0 saturated heterocycles. The third-order valence-corrected chi connectivity index (χ3v) is 6.48. The van der Waals surface area contributed by atoms with Gasteiger partial charge in [0.25, 0.3) is 0 Å². The summed E-state index contributed by atoms with van der Waals surface area (Å²) in [6.07, 6.45) is 26.2. The molecular formula is C28H50O. The maximum absolute atomic E-state index is 9.98. The molecule has 1 unspecified atom stereocenters. The van der Waals surface area contributed by atoms with Crippen LogP contribution in [0.1, 0.15) is 135 Å². The van der Waals surface area contributed by atoms with E-state index >= 15 is 0 Å². The molecule has 1 atom stereocenters. The Bertz CT molecular complexity index is 467. The van der Waals surface area contributed by atoms with E-state index in [9.17, 15) is 5.11 Å². The summed E-state index contributed by atoms with van der Waals surface area (Å²) in [6.45, 7) is 4.59. The van der Waals surface area contributed by atoms with Gasteiger partial charge in [-0.1, -0.05) is 141 Å². The van der Waals surface area contributed by atoms with E-state index in [-0.39, 0.29) is 0 Å². The van der Waals surface area contributed by atoms with Crippen LogP contribution in [0.4, 0.5) is 0 Å². The number of benzene rings is 1. The molecule has 0 aliphatic carbocycles. The van der Waals surface area contributed by atoms with Crippen molar-refractivity contribution in [3.05, 3.63) is 29.8 Å². The molecule has 0 amide bonds. The SMILES string of the molecule is CCCCCCCCCCCCC(CCCCCC)CCCc1ccccc1O. The molecule has 1 heteroatoms. The first kappa shape index (κ1) is 26.1. The summed E-state index contributed by atoms with van der Waals surface area (Å²) in [5, 5.41) is 9.98. The fourth-order valence-electron chi connectivity index (χ4n) is 4.52. The van der Waals surface area contributed by atoms with Gasteiger partial charge in [0.15, 0.2) is 0 Å². The van der Waals surface area contributed by atoms with E-state index in [1.54, 1.807) is 0 Å². The monoisotopic (exact) mass is 402 g/mol. The summed E-state index contributed by atoms with van der Waals surface area (Å²) >= 11 is 0. The first-order valence-corrected chi connectivity index (χ1v) is 13.0. The zero-order valence-electron chi connectivity index (χ0n) is 19.8. The minimum absolute atomic E-state index is 0.474. The molecule has 1 rings (SSSR count). The summed E-state index contributed by atoms with van der Waals surface area (Å²) < 4.78 is 0. The molecule has 0 radical (unpaired) electrons. The Labute approximate surface area is 182 Å². The molecule has 168 valence electrons. The molecule has 1 aromatic carbocycles. The number of hydrogen-bond donors (Lipinski definition) is 1. The minimum atomic E-state index is 0.474. The highest BCUT2D eigenvalue weighted by molar-refractivity contribution is 5.31. The number of aromatic hydroxyl groups is 1. The summed E-state index contributed by atoms with van der Waals surface area (Å²) in [4.78, 5) is 0. The highest BCUT2D eigenvalue weighted by Gasteiger charge is 2.09. The van der Waals surface area contributed by atoms with E-state index < -0.39 is 0 Å². The van der Waals surface area contributed by atoms with Crippen LogP contribution in [0.3, 0.4) is 0 Å². The van der Waals surface area contributed by atoms with Crippen LogP contribution < -0.4 is 0 Å². The number of aryl methyl sites for hydroxylation is 1. The van der Waals surface area contributed by atoms with E-state index in [1.807, 2.05) is 18.2 Å². The van der Waals surface area contributed by atoms with Crippen molar-refractivity contribution in [3.8, 4) is 5.75 Å². The molecular weight excluding hydrogens is 352 g/mol. The number of phenols is 1. The Morgan fingerprint density at radius 1 is 0.586 bits per heavy atom. The van der Waals surface area contributed by atoms with Crippen molar-refractivity contribution in [2.45, 2.75) is 136 Å². The molecule has 0 aliphatic rings. The van der Waals surface area contributed by atoms with Crippen molar-refractivity contribution < 1.29 is 5.11 Å². The number of rotatable bonds is 20. The lowest BCUT2D eigenvalue weighted by atomic mass is 9.89. The van der Waals surface area contributed by atoms with E-state index in [1.165, 1.54) is 116 Å². The van der Waals surface area contributed by atoms with Gasteiger partial charge >= 0.3 is 0 Å². The van der Waals surface area contributed by atoms with E-state index in [0.717, 1.165) is 17.9 Å². The fraction of sp³-hybridized carbons (Fsp3) is 0.786. The van der Waals surface area contributed by atoms with Crippen LogP contribution in [0.25, 0.3) is 0 Å². The lowest BCUT2D eigenvalue weighted by molar-refractivity contribution is 0.371. The van der Waals surface area contributed by atoms with Gasteiger partial charge in [-0.15, -0.1) is 0 Å². The van der Waals surface area contributed by atoms with Crippen LogP contribution in [0.2, 0.25) is 0 Å². The average molecular weight is 403 g/mol. The lowest BCUT2D eigenvalue weighted by Gasteiger charge is -2.17. The van der Waals surface area contributed by atoms with Gasteiger partial charge in [-0.2, -0.15) is 0 Å². The van der Waals surface area contributed by atoms with Crippen molar-refractivity contribution in [1.82, 2.24) is 0 Å². The van der Waals surface area contributed by atoms with Gasteiger partial charge in [0, 0.05) is 0 Å². The standard InChI is InChI=1S/C28H50O/c1-3-5-7-9-10-11-12-13-14-16-21-26(20-15-8-6-4-2)22-19-24-27-23-17-18-25-28(27)29/h17-18,23,25-26,29H,3-16,19-22,24H2,1-2H3. The zero-order valence-corrected chi connectivity index (χ0v) is 19.8. The Morgan fingerprint density at radius 3 is 1.59 bits per heavy atom. The first-order chi connectivity index (χ1) is 14.3. The summed E-state index contributed by atoms with van der Waals surface area (Å²) in [5.74, 6) is 1.37. The van der Waals surface area contributed by atoms with Crippen LogP contribution in [0.15, 0.2) is 24.3 Å². The molecule has 0 aromatic heterocycles. The first-order valence-electron chi connectivity index (χ1n) is 13.0. The Balaban J connectivity index is 2.17. The lowest BCUT2D eigenvalue weighted by Crippen LogP contribution is -2.02. The molecule has 1 nitrogen and oxygen atoms in total. The van der Waals surface area contributed by atoms with Crippen molar-refractivity contribution in [2.24, 2.45) is 5.92 Å². The van der Waals surface area contributed by atoms with Gasteiger partial charge in [-0.3, -0.25) is 0 Å². The minimum Gasteiger partial charge on any atom is -0.508 e. The highest BCUT2D eigenvalue weighted by atomic mass is 16.3. The second-order valence-corrected chi connectivity index (χ2v) is 9.21. The smallest absolute Gasteiger partial charge is 0.118 e. The Hall–Kier alpha value is -0.980. The number of hydrogen-bond acceptors (Lipinski definition) is 1. The molecule has 0 saturated carbocycles. The number of phenolic OH excluding ortho intramolecular Hbond substituents is 1. The van der Waals surface area contributed by atoms with E-state index in [4.69, 9.17) is 0 Å². The van der Waals surface area contributed by atoms with Gasteiger partial charge in [0.2, 0.25) is 0 Å². The van der Waals surface area contributed by atoms with Crippen molar-refractivity contribution >= 4 is 0 Å². The molecule has 0 fully saturated rings. The van der Waals surface area contributed by atoms with Gasteiger partial charge in [-0.05, 0) is 30.4 Å². The summed E-state index contributed by atoms with van der Waals surface area (Å²) in [6, 6.07) is 7.86. The molecule has 1 N–H and O–H groups in total. The molecule has 0 heterocycles. The van der Waals surface area contributed by atoms with Crippen LogP contribution >= 0.6 is 0 Å². The summed E-state index contributed by atoms with van der Waals surface area (Å²) in [5.41, 5.74) is 1.12. The molecule has 0 bridgehead atoms. The van der Waals surface area contributed by atoms with Gasteiger partial charge in [0.05, 0.1) is 0 Å². The predicted molar refractivity (Wildman–Crippen MR) is 130 cm³/mol. The normalized spacial score (nSPS) is 12.3. The van der Waals surface area contributed by atoms with Crippen LogP contribution in [-0.4, -0.2) is 5.11 Å². The molecule has 0 spiro atoms. The molecule has 0 aliphatic heterocycles. The topological polar surface area (TPSA) is 20.2 Å². The van der Waals surface area contributed by atoms with Gasteiger partial charge in [0.1, 0.15) is 5.75 Å². The predicted octanol–water partition coefficient (Wildman–Crippen LogP) is 9.61. The van der Waals surface area contributed by atoms with Gasteiger partial charge < -0.3 is 5.11 Å². The Morgan fingerprint density at radius 2 is 1.03 bits per heavy atom. The average Bonchev–Trinajstić information content (AvgIpc) is 2.73.